The Morgan fingerprint density at radius 3 is 2.43 bits per heavy atom. The van der Waals surface area contributed by atoms with Crippen LogP contribution in [-0.4, -0.2) is 5.78 Å². The van der Waals surface area contributed by atoms with Gasteiger partial charge in [-0.25, -0.2) is 0 Å². The Bertz CT molecular complexity index is 773. The highest BCUT2D eigenvalue weighted by atomic mass is 16.1. The average molecular weight is 306 g/mol. The molecule has 0 spiro atoms. The zero-order valence-electron chi connectivity index (χ0n) is 14.2. The van der Waals surface area contributed by atoms with Crippen molar-refractivity contribution < 1.29 is 4.79 Å². The molecular formula is C20H22N2O. The van der Waals surface area contributed by atoms with Gasteiger partial charge >= 0.3 is 0 Å². The standard InChI is InChI=1S/C20H22N2O/c1-12-5-7-14(8-6-12)18-15(11-21)13(2)22-16-9-20(3,4)10-17(23)19(16)18/h5-8,18,22H,9-10H2,1-4H3/t18-/m1/s1. The van der Waals surface area contributed by atoms with Gasteiger partial charge in [0.1, 0.15) is 0 Å². The van der Waals surface area contributed by atoms with Crippen molar-refractivity contribution in [2.24, 2.45) is 5.41 Å². The van der Waals surface area contributed by atoms with Crippen LogP contribution < -0.4 is 5.32 Å². The van der Waals surface area contributed by atoms with E-state index in [2.05, 4.69) is 25.2 Å². The van der Waals surface area contributed by atoms with E-state index in [0.29, 0.717) is 12.0 Å². The number of ketones is 1. The van der Waals surface area contributed by atoms with Crippen LogP contribution in [0.1, 0.15) is 50.7 Å². The van der Waals surface area contributed by atoms with E-state index in [0.717, 1.165) is 29.0 Å². The molecule has 1 aliphatic carbocycles. The van der Waals surface area contributed by atoms with Gasteiger partial charge in [0.25, 0.3) is 0 Å². The van der Waals surface area contributed by atoms with Crippen molar-refractivity contribution in [3.05, 3.63) is 57.9 Å². The van der Waals surface area contributed by atoms with Crippen molar-refractivity contribution in [2.45, 2.75) is 46.5 Å². The largest absolute Gasteiger partial charge is 0.361 e. The molecule has 0 aromatic heterocycles. The number of nitrogens with one attached hydrogen (secondary N) is 1. The third-order valence-electron chi connectivity index (χ3n) is 4.77. The summed E-state index contributed by atoms with van der Waals surface area (Å²) in [6.45, 7) is 8.21. The summed E-state index contributed by atoms with van der Waals surface area (Å²) in [4.78, 5) is 12.8. The van der Waals surface area contributed by atoms with Crippen molar-refractivity contribution in [1.29, 1.82) is 5.26 Å². The third-order valence-corrected chi connectivity index (χ3v) is 4.77. The van der Waals surface area contributed by atoms with Crippen LogP contribution in [0.3, 0.4) is 0 Å². The number of dihydropyridines is 1. The zero-order chi connectivity index (χ0) is 16.8. The molecule has 0 bridgehead atoms. The van der Waals surface area contributed by atoms with Crippen molar-refractivity contribution in [1.82, 2.24) is 5.32 Å². The number of nitriles is 1. The van der Waals surface area contributed by atoms with E-state index in [1.807, 2.05) is 38.1 Å². The number of benzene rings is 1. The van der Waals surface area contributed by atoms with E-state index in [4.69, 9.17) is 0 Å². The molecule has 2 aliphatic rings. The number of carbonyl (C=O) groups excluding carboxylic acids is 1. The molecule has 0 radical (unpaired) electrons. The third kappa shape index (κ3) is 2.70. The van der Waals surface area contributed by atoms with Crippen LogP contribution in [0.4, 0.5) is 0 Å². The molecule has 1 aromatic carbocycles. The maximum absolute atomic E-state index is 12.8. The molecule has 23 heavy (non-hydrogen) atoms. The summed E-state index contributed by atoms with van der Waals surface area (Å²) in [6, 6.07) is 10.5. The van der Waals surface area contributed by atoms with E-state index in [1.165, 1.54) is 5.56 Å². The predicted octanol–water partition coefficient (Wildman–Crippen LogP) is 4.12. The van der Waals surface area contributed by atoms with Crippen LogP contribution >= 0.6 is 0 Å². The first-order chi connectivity index (χ1) is 10.8. The normalized spacial score (nSPS) is 23.3. The minimum absolute atomic E-state index is 0.0365. The van der Waals surface area contributed by atoms with Crippen LogP contribution in [0.15, 0.2) is 46.8 Å². The molecule has 0 unspecified atom stereocenters. The summed E-state index contributed by atoms with van der Waals surface area (Å²) in [5.74, 6) is -0.0741. The Hall–Kier alpha value is -2.34. The summed E-state index contributed by atoms with van der Waals surface area (Å²) in [5.41, 5.74) is 5.46. The fourth-order valence-electron chi connectivity index (χ4n) is 3.68. The quantitative estimate of drug-likeness (QED) is 0.849. The van der Waals surface area contributed by atoms with Gasteiger partial charge in [0.15, 0.2) is 5.78 Å². The summed E-state index contributed by atoms with van der Waals surface area (Å²) in [6.07, 6.45) is 1.38. The lowest BCUT2D eigenvalue weighted by Crippen LogP contribution is -2.36. The molecule has 0 saturated carbocycles. The molecule has 0 amide bonds. The average Bonchev–Trinajstić information content (AvgIpc) is 2.45. The Balaban J connectivity index is 2.17. The first-order valence-electron chi connectivity index (χ1n) is 8.03. The SMILES string of the molecule is CC1=C(C#N)[C@@H](c2ccc(C)cc2)C2=C(CC(C)(C)CC2=O)N1. The van der Waals surface area contributed by atoms with Gasteiger partial charge in [-0.3, -0.25) is 4.79 Å². The van der Waals surface area contributed by atoms with Gasteiger partial charge in [-0.2, -0.15) is 5.26 Å². The van der Waals surface area contributed by atoms with Gasteiger partial charge in [-0.05, 0) is 31.2 Å². The number of allylic oxidation sites excluding steroid dienone is 4. The highest BCUT2D eigenvalue weighted by molar-refractivity contribution is 6.00. The molecule has 1 N–H and O–H groups in total. The number of hydrogen-bond donors (Lipinski definition) is 1. The molecule has 3 rings (SSSR count). The highest BCUT2D eigenvalue weighted by Crippen LogP contribution is 2.46. The van der Waals surface area contributed by atoms with E-state index in [1.54, 1.807) is 0 Å². The van der Waals surface area contributed by atoms with Gasteiger partial charge in [0, 0.05) is 23.4 Å². The Morgan fingerprint density at radius 1 is 1.17 bits per heavy atom. The second-order valence-electron chi connectivity index (χ2n) is 7.45. The molecular weight excluding hydrogens is 284 g/mol. The molecule has 1 aromatic rings. The Morgan fingerprint density at radius 2 is 1.83 bits per heavy atom. The fraction of sp³-hybridized carbons (Fsp3) is 0.400. The van der Waals surface area contributed by atoms with E-state index < -0.39 is 0 Å². The van der Waals surface area contributed by atoms with Crippen molar-refractivity contribution in [3.8, 4) is 6.07 Å². The molecule has 3 nitrogen and oxygen atoms in total. The van der Waals surface area contributed by atoms with Crippen molar-refractivity contribution in [3.63, 3.8) is 0 Å². The maximum atomic E-state index is 12.8. The minimum Gasteiger partial charge on any atom is -0.361 e. The predicted molar refractivity (Wildman–Crippen MR) is 90.4 cm³/mol. The topological polar surface area (TPSA) is 52.9 Å². The monoisotopic (exact) mass is 306 g/mol. The lowest BCUT2D eigenvalue weighted by Gasteiger charge is -2.38. The number of aryl methyl sites for hydroxylation is 1. The van der Waals surface area contributed by atoms with Gasteiger partial charge in [0.2, 0.25) is 0 Å². The van der Waals surface area contributed by atoms with Crippen LogP contribution in [-0.2, 0) is 4.79 Å². The summed E-state index contributed by atoms with van der Waals surface area (Å²) >= 11 is 0. The second kappa shape index (κ2) is 5.38. The number of carbonyl (C=O) groups is 1. The minimum atomic E-state index is -0.236. The lowest BCUT2D eigenvalue weighted by atomic mass is 9.69. The Kier molecular flexibility index (Phi) is 3.64. The number of hydrogen-bond acceptors (Lipinski definition) is 3. The maximum Gasteiger partial charge on any atom is 0.162 e. The second-order valence-corrected chi connectivity index (χ2v) is 7.45. The van der Waals surface area contributed by atoms with E-state index in [9.17, 15) is 10.1 Å². The highest BCUT2D eigenvalue weighted by Gasteiger charge is 2.40. The molecule has 1 aliphatic heterocycles. The Labute approximate surface area is 137 Å². The van der Waals surface area contributed by atoms with Gasteiger partial charge < -0.3 is 5.32 Å². The first-order valence-corrected chi connectivity index (χ1v) is 8.03. The van der Waals surface area contributed by atoms with Crippen LogP contribution in [0.5, 0.6) is 0 Å². The van der Waals surface area contributed by atoms with Crippen molar-refractivity contribution >= 4 is 5.78 Å². The molecule has 3 heteroatoms. The van der Waals surface area contributed by atoms with E-state index in [-0.39, 0.29) is 17.1 Å². The van der Waals surface area contributed by atoms with Gasteiger partial charge in [-0.15, -0.1) is 0 Å². The van der Waals surface area contributed by atoms with Gasteiger partial charge in [-0.1, -0.05) is 43.7 Å². The van der Waals surface area contributed by atoms with Gasteiger partial charge in [0.05, 0.1) is 17.6 Å². The number of Topliss-reactive ketones (excluding diaryl/α,β-unsaturated/α-hetero) is 1. The molecule has 118 valence electrons. The van der Waals surface area contributed by atoms with E-state index >= 15 is 0 Å². The summed E-state index contributed by atoms with van der Waals surface area (Å²) < 4.78 is 0. The summed E-state index contributed by atoms with van der Waals surface area (Å²) in [5, 5.41) is 13.0. The van der Waals surface area contributed by atoms with Crippen LogP contribution in [0.25, 0.3) is 0 Å². The fourth-order valence-corrected chi connectivity index (χ4v) is 3.68. The molecule has 0 saturated heterocycles. The molecule has 1 atom stereocenters. The first kappa shape index (κ1) is 15.6. The smallest absolute Gasteiger partial charge is 0.162 e. The summed E-state index contributed by atoms with van der Waals surface area (Å²) in [7, 11) is 0. The molecule has 0 fully saturated rings. The number of nitrogens with zero attached hydrogens (tertiary/aromatic N) is 1. The van der Waals surface area contributed by atoms with Crippen LogP contribution in [0, 0.1) is 23.7 Å². The number of rotatable bonds is 1. The zero-order valence-corrected chi connectivity index (χ0v) is 14.2. The molecule has 1 heterocycles. The van der Waals surface area contributed by atoms with Crippen molar-refractivity contribution in [2.75, 3.05) is 0 Å². The lowest BCUT2D eigenvalue weighted by molar-refractivity contribution is -0.118. The van der Waals surface area contributed by atoms with Crippen LogP contribution in [0.2, 0.25) is 0 Å².